The molecule has 0 aromatic heterocycles. The van der Waals surface area contributed by atoms with Crippen LogP contribution in [0.4, 0.5) is 0 Å². The molecule has 0 unspecified atom stereocenters. The molecule has 0 fully saturated rings. The minimum absolute atomic E-state index is 0. The van der Waals surface area contributed by atoms with Gasteiger partial charge in [-0.15, -0.1) is 6.54 Å². The summed E-state index contributed by atoms with van der Waals surface area (Å²) in [6, 6.07) is 10.3. The second kappa shape index (κ2) is 24.5. The number of nitrogens with zero attached hydrogens (tertiary/aromatic N) is 1. The van der Waals surface area contributed by atoms with Crippen LogP contribution in [0.5, 0.6) is 0 Å². The van der Waals surface area contributed by atoms with Crippen molar-refractivity contribution in [2.45, 2.75) is 34.7 Å². The van der Waals surface area contributed by atoms with Gasteiger partial charge >= 0.3 is 0 Å². The van der Waals surface area contributed by atoms with E-state index in [1.807, 2.05) is 32.0 Å². The molecule has 0 aliphatic heterocycles. The van der Waals surface area contributed by atoms with Crippen molar-refractivity contribution in [3.63, 3.8) is 0 Å². The van der Waals surface area contributed by atoms with Crippen LogP contribution in [0.2, 0.25) is 0 Å². The van der Waals surface area contributed by atoms with Crippen LogP contribution < -0.4 is 0 Å². The van der Waals surface area contributed by atoms with E-state index in [9.17, 15) is 0 Å². The van der Waals surface area contributed by atoms with Gasteiger partial charge in [0.05, 0.1) is 0 Å². The third-order valence-corrected chi connectivity index (χ3v) is 1.36. The number of aliphatic hydroxyl groups excluding tert-OH is 1. The van der Waals surface area contributed by atoms with E-state index in [0.717, 1.165) is 20.2 Å². The maximum Gasteiger partial charge on any atom is 0.0319 e. The van der Waals surface area contributed by atoms with Crippen molar-refractivity contribution in [2.75, 3.05) is 13.7 Å². The molecule has 16 heavy (non-hydrogen) atoms. The zero-order valence-corrected chi connectivity index (χ0v) is 13.1. The van der Waals surface area contributed by atoms with E-state index in [0.29, 0.717) is 0 Å². The number of hydrogen-bond acceptors (Lipinski definition) is 1. The third-order valence-electron chi connectivity index (χ3n) is 1.36. The minimum Gasteiger partial charge on any atom is -0.659 e. The van der Waals surface area contributed by atoms with E-state index in [4.69, 9.17) is 5.11 Å². The molecule has 0 atom stereocenters. The first-order valence-corrected chi connectivity index (χ1v) is 5.05. The maximum absolute atomic E-state index is 7.00. The van der Waals surface area contributed by atoms with Crippen molar-refractivity contribution in [2.24, 2.45) is 0 Å². The van der Waals surface area contributed by atoms with Gasteiger partial charge in [0.25, 0.3) is 0 Å². The topological polar surface area (TPSA) is 34.3 Å². The van der Waals surface area contributed by atoms with Crippen LogP contribution in [0.15, 0.2) is 30.3 Å². The molecule has 3 heteroatoms. The molecular formula is C13H26NOY-. The van der Waals surface area contributed by atoms with E-state index in [-0.39, 0.29) is 40.1 Å². The Bertz CT molecular complexity index is 181. The normalized spacial score (nSPS) is 6.81. The zero-order valence-electron chi connectivity index (χ0n) is 10.3. The van der Waals surface area contributed by atoms with Gasteiger partial charge in [-0.3, -0.25) is 0 Å². The van der Waals surface area contributed by atoms with Crippen molar-refractivity contribution in [1.29, 1.82) is 0 Å². The molecule has 0 bridgehead atoms. The molecule has 0 spiro atoms. The van der Waals surface area contributed by atoms with Crippen molar-refractivity contribution in [3.05, 3.63) is 41.2 Å². The molecule has 0 aliphatic carbocycles. The average molecular weight is 301 g/mol. The second-order valence-corrected chi connectivity index (χ2v) is 2.18. The van der Waals surface area contributed by atoms with Crippen LogP contribution in [-0.4, -0.2) is 18.8 Å². The molecule has 2 nitrogen and oxygen atoms in total. The predicted molar refractivity (Wildman–Crippen MR) is 70.3 cm³/mol. The maximum atomic E-state index is 7.00. The van der Waals surface area contributed by atoms with Gasteiger partial charge < -0.3 is 10.4 Å². The Morgan fingerprint density at radius 3 is 1.88 bits per heavy atom. The fourth-order valence-electron chi connectivity index (χ4n) is 0.824. The molecule has 1 N–H and O–H groups in total. The first-order valence-electron chi connectivity index (χ1n) is 5.05. The summed E-state index contributed by atoms with van der Waals surface area (Å²) in [5.41, 5.74) is 1.30. The van der Waals surface area contributed by atoms with E-state index < -0.39 is 0 Å². The van der Waals surface area contributed by atoms with Crippen LogP contribution in [0.25, 0.3) is 5.32 Å². The number of rotatable bonds is 3. The number of hydrogen-bond donors (Lipinski definition) is 1. The molecule has 93 valence electrons. The van der Waals surface area contributed by atoms with E-state index in [1.54, 1.807) is 0 Å². The Labute approximate surface area is 127 Å². The van der Waals surface area contributed by atoms with Crippen LogP contribution in [0, 0.1) is 0 Å². The molecule has 1 aromatic rings. The second-order valence-electron chi connectivity index (χ2n) is 2.18. The molecule has 1 aromatic carbocycles. The smallest absolute Gasteiger partial charge is 0.0319 e. The summed E-state index contributed by atoms with van der Waals surface area (Å²) in [6.45, 7) is 7.83. The summed E-state index contributed by atoms with van der Waals surface area (Å²) in [6.07, 6.45) is 0. The van der Waals surface area contributed by atoms with E-state index in [2.05, 4.69) is 24.4 Å². The van der Waals surface area contributed by atoms with Crippen molar-refractivity contribution in [3.8, 4) is 0 Å². The first kappa shape index (κ1) is 25.2. The Morgan fingerprint density at radius 2 is 1.50 bits per heavy atom. The molecule has 0 amide bonds. The molecule has 0 saturated carbocycles. The monoisotopic (exact) mass is 301 g/mol. The van der Waals surface area contributed by atoms with Crippen molar-refractivity contribution in [1.82, 2.24) is 0 Å². The predicted octanol–water partition coefficient (Wildman–Crippen LogP) is 3.85. The van der Waals surface area contributed by atoms with Crippen LogP contribution in [0.1, 0.15) is 33.8 Å². The Hall–Kier alpha value is 0.244. The summed E-state index contributed by atoms with van der Waals surface area (Å²) < 4.78 is 0. The molecule has 0 saturated heterocycles. The largest absolute Gasteiger partial charge is 0.659 e. The van der Waals surface area contributed by atoms with Crippen molar-refractivity contribution >= 4 is 0 Å². The van der Waals surface area contributed by atoms with Crippen LogP contribution in [-0.2, 0) is 39.3 Å². The fourth-order valence-corrected chi connectivity index (χ4v) is 0.824. The minimum atomic E-state index is 0. The summed E-state index contributed by atoms with van der Waals surface area (Å²) >= 11 is 0. The molecular weight excluding hydrogens is 275 g/mol. The molecule has 1 radical (unpaired) electrons. The Morgan fingerprint density at radius 1 is 1.06 bits per heavy atom. The Kier molecular flexibility index (Phi) is 38.5. The number of benzene rings is 1. The summed E-state index contributed by atoms with van der Waals surface area (Å²) in [5.74, 6) is 0. The average Bonchev–Trinajstić information content (AvgIpc) is 2.33. The van der Waals surface area contributed by atoms with Gasteiger partial charge in [0.1, 0.15) is 0 Å². The zero-order chi connectivity index (χ0) is 11.2. The summed E-state index contributed by atoms with van der Waals surface area (Å²) in [7, 11) is 1.00. The van der Waals surface area contributed by atoms with Gasteiger partial charge in [0.2, 0.25) is 0 Å². The molecule has 1 rings (SSSR count). The number of aliphatic hydroxyl groups is 1. The molecule has 0 aliphatic rings. The van der Waals surface area contributed by atoms with Gasteiger partial charge in [-0.25, -0.2) is 0 Å². The SMILES string of the molecule is C.CC.CC[N-]Cc1ccccc1.CO.[Y]. The van der Waals surface area contributed by atoms with Gasteiger partial charge in [-0.2, -0.15) is 6.54 Å². The first-order chi connectivity index (χ1) is 6.93. The van der Waals surface area contributed by atoms with Gasteiger partial charge in [0.15, 0.2) is 0 Å². The van der Waals surface area contributed by atoms with Crippen LogP contribution >= 0.6 is 0 Å². The Balaban J connectivity index is -0.000000109. The standard InChI is InChI=1S/C9H12N.C2H6.CH4O.CH4.Y/c1-2-10-8-9-6-4-3-5-7-9;2*1-2;;/h3-7H,2,8H2,1H3;1-2H3;2H,1H3;1H4;/q-1;;;;. The summed E-state index contributed by atoms with van der Waals surface area (Å²) in [4.78, 5) is 0. The fraction of sp³-hybridized carbons (Fsp3) is 0.538. The summed E-state index contributed by atoms with van der Waals surface area (Å²) in [5, 5.41) is 11.2. The van der Waals surface area contributed by atoms with Crippen LogP contribution in [0.3, 0.4) is 0 Å². The van der Waals surface area contributed by atoms with E-state index >= 15 is 0 Å². The van der Waals surface area contributed by atoms with Gasteiger partial charge in [0, 0.05) is 39.8 Å². The molecule has 0 heterocycles. The third kappa shape index (κ3) is 16.7. The quantitative estimate of drug-likeness (QED) is 0.904. The van der Waals surface area contributed by atoms with Gasteiger partial charge in [-0.05, 0) is 0 Å². The van der Waals surface area contributed by atoms with E-state index in [1.165, 1.54) is 5.56 Å². The van der Waals surface area contributed by atoms with Crippen molar-refractivity contribution < 1.29 is 37.8 Å². The van der Waals surface area contributed by atoms with Gasteiger partial charge in [-0.1, -0.05) is 64.1 Å².